The van der Waals surface area contributed by atoms with Crippen LogP contribution in [-0.2, 0) is 6.42 Å². The van der Waals surface area contributed by atoms with Gasteiger partial charge in [0.05, 0.1) is 5.56 Å². The number of unbranched alkanes of at least 4 members (excludes halogenated alkanes) is 2. The molecule has 24 heavy (non-hydrogen) atoms. The molecule has 0 bridgehead atoms. The van der Waals surface area contributed by atoms with Crippen LogP contribution < -0.4 is 0 Å². The first kappa shape index (κ1) is 17.8. The van der Waals surface area contributed by atoms with E-state index in [-0.39, 0.29) is 5.82 Å². The van der Waals surface area contributed by atoms with Gasteiger partial charge in [0.2, 0.25) is 0 Å². The highest BCUT2D eigenvalue weighted by molar-refractivity contribution is 5.46. The average molecular weight is 318 g/mol. The highest BCUT2D eigenvalue weighted by atomic mass is 19.1. The molecule has 0 aromatic heterocycles. The van der Waals surface area contributed by atoms with Gasteiger partial charge in [-0.25, -0.2) is 4.39 Å². The molecule has 0 fully saturated rings. The zero-order valence-electron chi connectivity index (χ0n) is 14.5. The highest BCUT2D eigenvalue weighted by Gasteiger charge is 1.99. The summed E-state index contributed by atoms with van der Waals surface area (Å²) in [4.78, 5) is 0. The fourth-order valence-electron chi connectivity index (χ4n) is 2.30. The van der Waals surface area contributed by atoms with Gasteiger partial charge < -0.3 is 0 Å². The zero-order valence-corrected chi connectivity index (χ0v) is 14.5. The van der Waals surface area contributed by atoms with Gasteiger partial charge in [0.15, 0.2) is 0 Å². The maximum Gasteiger partial charge on any atom is 0.140 e. The van der Waals surface area contributed by atoms with Gasteiger partial charge in [0.25, 0.3) is 0 Å². The number of hydrogen-bond acceptors (Lipinski definition) is 0. The van der Waals surface area contributed by atoms with Crippen molar-refractivity contribution in [3.05, 3.63) is 70.5 Å². The Labute approximate surface area is 145 Å². The molecule has 0 aliphatic rings. The molecule has 2 aromatic rings. The molecule has 2 rings (SSSR count). The fourth-order valence-corrected chi connectivity index (χ4v) is 2.30. The van der Waals surface area contributed by atoms with Crippen LogP contribution in [-0.4, -0.2) is 0 Å². The molecule has 0 saturated carbocycles. The molecule has 0 spiro atoms. The van der Waals surface area contributed by atoms with Crippen LogP contribution in [0.3, 0.4) is 0 Å². The van der Waals surface area contributed by atoms with Crippen LogP contribution in [0.1, 0.15) is 61.8 Å². The van der Waals surface area contributed by atoms with E-state index in [2.05, 4.69) is 49.7 Å². The van der Waals surface area contributed by atoms with Crippen molar-refractivity contribution in [2.75, 3.05) is 0 Å². The minimum atomic E-state index is -0.302. The van der Waals surface area contributed by atoms with Crippen LogP contribution in [0.2, 0.25) is 0 Å². The molecule has 0 aliphatic heterocycles. The van der Waals surface area contributed by atoms with E-state index >= 15 is 0 Å². The largest absolute Gasteiger partial charge is 0.206 e. The third-order valence-corrected chi connectivity index (χ3v) is 3.69. The molecule has 0 nitrogen and oxygen atoms in total. The van der Waals surface area contributed by atoms with Crippen molar-refractivity contribution in [2.45, 2.75) is 46.0 Å². The Bertz CT molecular complexity index is 777. The SMILES string of the molecule is CCCCC#Cc1ccc(C#Cc2ccc(CCC)cc2)cc1F. The Morgan fingerprint density at radius 2 is 1.54 bits per heavy atom. The summed E-state index contributed by atoms with van der Waals surface area (Å²) in [6.45, 7) is 4.28. The molecule has 2 aromatic carbocycles. The van der Waals surface area contributed by atoms with Gasteiger partial charge in [-0.15, -0.1) is 0 Å². The lowest BCUT2D eigenvalue weighted by atomic mass is 10.1. The Kier molecular flexibility index (Phi) is 7.13. The van der Waals surface area contributed by atoms with Gasteiger partial charge in [-0.2, -0.15) is 0 Å². The van der Waals surface area contributed by atoms with Gasteiger partial charge >= 0.3 is 0 Å². The molecule has 0 heterocycles. The topological polar surface area (TPSA) is 0 Å². The Balaban J connectivity index is 2.08. The molecule has 122 valence electrons. The van der Waals surface area contributed by atoms with E-state index in [0.29, 0.717) is 11.1 Å². The lowest BCUT2D eigenvalue weighted by Gasteiger charge is -1.98. The molecule has 1 heteroatoms. The van der Waals surface area contributed by atoms with E-state index in [9.17, 15) is 4.39 Å². The monoisotopic (exact) mass is 318 g/mol. The average Bonchev–Trinajstić information content (AvgIpc) is 2.60. The van der Waals surface area contributed by atoms with Crippen LogP contribution >= 0.6 is 0 Å². The maximum absolute atomic E-state index is 14.1. The number of halogens is 1. The van der Waals surface area contributed by atoms with E-state index in [1.54, 1.807) is 6.07 Å². The summed E-state index contributed by atoms with van der Waals surface area (Å²) in [6.07, 6.45) is 5.18. The van der Waals surface area contributed by atoms with Crippen LogP contribution in [0, 0.1) is 29.5 Å². The van der Waals surface area contributed by atoms with Crippen LogP contribution in [0.15, 0.2) is 42.5 Å². The standard InChI is InChI=1S/C23H23F/c1-3-5-6-7-9-22-17-16-21(18-23(22)24)15-14-20-12-10-19(8-4-2)11-13-20/h10-13,16-18H,3-6,8H2,1-2H3. The maximum atomic E-state index is 14.1. The molecule has 0 radical (unpaired) electrons. The van der Waals surface area contributed by atoms with Crippen molar-refractivity contribution in [1.29, 1.82) is 0 Å². The number of aryl methyl sites for hydroxylation is 1. The smallest absolute Gasteiger partial charge is 0.140 e. The summed E-state index contributed by atoms with van der Waals surface area (Å²) in [5, 5.41) is 0. The summed E-state index contributed by atoms with van der Waals surface area (Å²) in [5.41, 5.74) is 3.38. The predicted octanol–water partition coefficient (Wildman–Crippen LogP) is 5.72. The number of hydrogen-bond donors (Lipinski definition) is 0. The second-order valence-corrected chi connectivity index (χ2v) is 5.80. The quantitative estimate of drug-likeness (QED) is 0.499. The summed E-state index contributed by atoms with van der Waals surface area (Å²) in [6, 6.07) is 13.2. The van der Waals surface area contributed by atoms with Gasteiger partial charge in [-0.05, 0) is 48.7 Å². The van der Waals surface area contributed by atoms with Gasteiger partial charge in [-0.3, -0.25) is 0 Å². The van der Waals surface area contributed by atoms with Gasteiger partial charge in [0, 0.05) is 17.5 Å². The first-order valence-corrected chi connectivity index (χ1v) is 8.62. The van der Waals surface area contributed by atoms with Crippen molar-refractivity contribution in [1.82, 2.24) is 0 Å². The molecule has 0 aliphatic carbocycles. The summed E-state index contributed by atoms with van der Waals surface area (Å²) >= 11 is 0. The van der Waals surface area contributed by atoms with E-state index in [1.165, 1.54) is 11.6 Å². The minimum Gasteiger partial charge on any atom is -0.206 e. The van der Waals surface area contributed by atoms with Crippen molar-refractivity contribution < 1.29 is 4.39 Å². The lowest BCUT2D eigenvalue weighted by molar-refractivity contribution is 0.624. The van der Waals surface area contributed by atoms with E-state index in [1.807, 2.05) is 18.2 Å². The molecular formula is C23H23F. The molecule has 0 amide bonds. The van der Waals surface area contributed by atoms with Gasteiger partial charge in [0.1, 0.15) is 5.82 Å². The molecule has 0 atom stereocenters. The first-order valence-electron chi connectivity index (χ1n) is 8.62. The van der Waals surface area contributed by atoms with Crippen molar-refractivity contribution in [3.8, 4) is 23.7 Å². The lowest BCUT2D eigenvalue weighted by Crippen LogP contribution is -1.86. The van der Waals surface area contributed by atoms with Crippen molar-refractivity contribution in [3.63, 3.8) is 0 Å². The Morgan fingerprint density at radius 3 is 2.21 bits per heavy atom. The van der Waals surface area contributed by atoms with E-state index in [0.717, 1.165) is 37.7 Å². The number of benzene rings is 2. The predicted molar refractivity (Wildman–Crippen MR) is 99.2 cm³/mol. The van der Waals surface area contributed by atoms with Crippen molar-refractivity contribution >= 4 is 0 Å². The third kappa shape index (κ3) is 5.60. The number of rotatable bonds is 4. The Hall–Kier alpha value is -2.51. The van der Waals surface area contributed by atoms with Crippen LogP contribution in [0.25, 0.3) is 0 Å². The van der Waals surface area contributed by atoms with Crippen LogP contribution in [0.4, 0.5) is 4.39 Å². The molecule has 0 N–H and O–H groups in total. The highest BCUT2D eigenvalue weighted by Crippen LogP contribution is 2.10. The van der Waals surface area contributed by atoms with Crippen molar-refractivity contribution in [2.24, 2.45) is 0 Å². The summed E-state index contributed by atoms with van der Waals surface area (Å²) in [5.74, 6) is 11.7. The van der Waals surface area contributed by atoms with E-state index in [4.69, 9.17) is 0 Å². The van der Waals surface area contributed by atoms with Crippen LogP contribution in [0.5, 0.6) is 0 Å². The second kappa shape index (κ2) is 9.59. The zero-order chi connectivity index (χ0) is 17.2. The third-order valence-electron chi connectivity index (χ3n) is 3.69. The minimum absolute atomic E-state index is 0.302. The van der Waals surface area contributed by atoms with Gasteiger partial charge in [-0.1, -0.05) is 62.5 Å². The Morgan fingerprint density at radius 1 is 0.833 bits per heavy atom. The summed E-state index contributed by atoms with van der Waals surface area (Å²) < 4.78 is 14.1. The first-order chi connectivity index (χ1) is 11.7. The molecular weight excluding hydrogens is 295 g/mol. The van der Waals surface area contributed by atoms with E-state index < -0.39 is 0 Å². The molecule has 0 saturated heterocycles. The normalized spacial score (nSPS) is 9.62. The fraction of sp³-hybridized carbons (Fsp3) is 0.304. The second-order valence-electron chi connectivity index (χ2n) is 5.80. The summed E-state index contributed by atoms with van der Waals surface area (Å²) in [7, 11) is 0. The molecule has 0 unspecified atom stereocenters.